The third-order valence-corrected chi connectivity index (χ3v) is 4.48. The van der Waals surface area contributed by atoms with Crippen molar-refractivity contribution in [3.63, 3.8) is 0 Å². The number of thioether (sulfide) groups is 1. The molecule has 0 saturated heterocycles. The lowest BCUT2D eigenvalue weighted by atomic mass is 10.2. The highest BCUT2D eigenvalue weighted by molar-refractivity contribution is 8.13. The fourth-order valence-corrected chi connectivity index (χ4v) is 2.81. The van der Waals surface area contributed by atoms with Crippen LogP contribution in [0, 0.1) is 0 Å². The third-order valence-electron chi connectivity index (χ3n) is 3.86. The molecular weight excluding hydrogens is 452 g/mol. The number of rotatable bonds is 6. The van der Waals surface area contributed by atoms with Crippen molar-refractivity contribution >= 4 is 41.1 Å². The number of aliphatic imine (C=N–C) groups is 1. The van der Waals surface area contributed by atoms with Crippen LogP contribution in [0.3, 0.4) is 0 Å². The Morgan fingerprint density at radius 1 is 0.848 bits per heavy atom. The molecule has 10 nitrogen and oxygen atoms in total. The van der Waals surface area contributed by atoms with Crippen molar-refractivity contribution in [1.82, 2.24) is 5.06 Å². The molecule has 0 unspecified atom stereocenters. The van der Waals surface area contributed by atoms with E-state index in [2.05, 4.69) is 9.73 Å². The predicted molar refractivity (Wildman–Crippen MR) is 119 cm³/mol. The minimum Gasteiger partial charge on any atom is -0.451 e. The number of carbonyl (C=O) groups excluding carboxylic acids is 4. The molecule has 0 spiro atoms. The van der Waals surface area contributed by atoms with Crippen molar-refractivity contribution in [3.05, 3.63) is 71.8 Å². The van der Waals surface area contributed by atoms with Gasteiger partial charge in [0, 0.05) is 0 Å². The quantitative estimate of drug-likeness (QED) is 0.204. The van der Waals surface area contributed by atoms with Gasteiger partial charge in [0.2, 0.25) is 12.0 Å². The largest absolute Gasteiger partial charge is 0.453 e. The molecule has 2 aromatic rings. The summed E-state index contributed by atoms with van der Waals surface area (Å²) in [6.07, 6.45) is -0.927. The van der Waals surface area contributed by atoms with Gasteiger partial charge in [0.1, 0.15) is 0 Å². The normalized spacial score (nSPS) is 10.7. The van der Waals surface area contributed by atoms with Crippen molar-refractivity contribution in [2.75, 3.05) is 20.2 Å². The molecule has 0 aliphatic rings. The van der Waals surface area contributed by atoms with Crippen LogP contribution >= 0.6 is 11.8 Å². The first-order valence-electron chi connectivity index (χ1n) is 9.54. The molecule has 2 aromatic carbocycles. The minimum atomic E-state index is -1.22. The minimum absolute atomic E-state index is 0.0198. The maximum Gasteiger partial charge on any atom is 0.453 e. The van der Waals surface area contributed by atoms with E-state index in [1.165, 1.54) is 6.26 Å². The van der Waals surface area contributed by atoms with Gasteiger partial charge < -0.3 is 19.0 Å². The molecule has 0 N–H and O–H groups in total. The summed E-state index contributed by atoms with van der Waals surface area (Å²) < 4.78 is 14.2. The summed E-state index contributed by atoms with van der Waals surface area (Å²) in [5.74, 6) is -1.44. The zero-order valence-corrected chi connectivity index (χ0v) is 18.8. The standard InChI is InChI=1S/C22H22N2O8S/c1-29-21(27)23-20(33-2)24(32-19(26)14-17-11-7-4-8-12-17)22(28)31-15-30-18(25)13-16-9-5-3-6-10-16/h3-12H,13-15H2,1-2H3. The van der Waals surface area contributed by atoms with E-state index in [0.717, 1.165) is 24.4 Å². The number of hydrogen-bond donors (Lipinski definition) is 0. The first kappa shape index (κ1) is 25.4. The lowest BCUT2D eigenvalue weighted by Gasteiger charge is -2.20. The fourth-order valence-electron chi connectivity index (χ4n) is 2.37. The van der Waals surface area contributed by atoms with Crippen LogP contribution in [-0.2, 0) is 41.5 Å². The molecular formula is C22H22N2O8S. The van der Waals surface area contributed by atoms with Crippen molar-refractivity contribution < 1.29 is 38.2 Å². The van der Waals surface area contributed by atoms with Gasteiger partial charge in [-0.2, -0.15) is 0 Å². The summed E-state index contributed by atoms with van der Waals surface area (Å²) >= 11 is 0.829. The first-order valence-corrected chi connectivity index (χ1v) is 10.8. The number of amides is 2. The van der Waals surface area contributed by atoms with E-state index in [-0.39, 0.29) is 18.0 Å². The second-order valence-electron chi connectivity index (χ2n) is 6.20. The average molecular weight is 474 g/mol. The van der Waals surface area contributed by atoms with Crippen LogP contribution in [0.25, 0.3) is 0 Å². The number of hydrogen-bond acceptors (Lipinski definition) is 9. The van der Waals surface area contributed by atoms with Crippen molar-refractivity contribution in [2.24, 2.45) is 4.99 Å². The number of nitrogens with zero attached hydrogens (tertiary/aromatic N) is 2. The summed E-state index contributed by atoms with van der Waals surface area (Å²) in [4.78, 5) is 57.0. The Hall–Kier alpha value is -3.86. The zero-order chi connectivity index (χ0) is 24.1. The number of benzene rings is 2. The SMILES string of the molecule is COC(=O)N=C(SC)N(OC(=O)Cc1ccccc1)C(=O)OCOC(=O)Cc1ccccc1. The van der Waals surface area contributed by atoms with E-state index >= 15 is 0 Å². The number of ether oxygens (including phenoxy) is 3. The Morgan fingerprint density at radius 3 is 1.91 bits per heavy atom. The molecule has 2 rings (SSSR count). The second-order valence-corrected chi connectivity index (χ2v) is 6.97. The summed E-state index contributed by atoms with van der Waals surface area (Å²) in [6, 6.07) is 17.5. The number of amidine groups is 1. The van der Waals surface area contributed by atoms with E-state index in [4.69, 9.17) is 14.3 Å². The molecule has 0 aliphatic heterocycles. The number of carbonyl (C=O) groups is 4. The van der Waals surface area contributed by atoms with Crippen LogP contribution in [-0.4, -0.2) is 54.5 Å². The highest BCUT2D eigenvalue weighted by atomic mass is 32.2. The lowest BCUT2D eigenvalue weighted by molar-refractivity contribution is -0.171. The summed E-state index contributed by atoms with van der Waals surface area (Å²) in [5, 5.41) is 0.0848. The topological polar surface area (TPSA) is 121 Å². The Bertz CT molecular complexity index is 982. The monoisotopic (exact) mass is 474 g/mol. The lowest BCUT2D eigenvalue weighted by Crippen LogP contribution is -2.39. The summed E-state index contributed by atoms with van der Waals surface area (Å²) in [5.41, 5.74) is 1.36. The Kier molecular flexibility index (Phi) is 10.4. The maximum absolute atomic E-state index is 12.5. The Labute approximate surface area is 194 Å². The zero-order valence-electron chi connectivity index (χ0n) is 18.0. The fraction of sp³-hybridized carbons (Fsp3) is 0.227. The molecule has 0 bridgehead atoms. The van der Waals surface area contributed by atoms with Crippen LogP contribution in [0.2, 0.25) is 0 Å². The van der Waals surface area contributed by atoms with Gasteiger partial charge in [-0.3, -0.25) is 4.79 Å². The first-order chi connectivity index (χ1) is 15.9. The van der Waals surface area contributed by atoms with Gasteiger partial charge in [-0.05, 0) is 17.4 Å². The molecule has 0 saturated carbocycles. The van der Waals surface area contributed by atoms with E-state index in [1.807, 2.05) is 6.07 Å². The predicted octanol–water partition coefficient (Wildman–Crippen LogP) is 3.35. The maximum atomic E-state index is 12.5. The Morgan fingerprint density at radius 2 is 1.39 bits per heavy atom. The second kappa shape index (κ2) is 13.5. The van der Waals surface area contributed by atoms with Crippen molar-refractivity contribution in [3.8, 4) is 0 Å². The van der Waals surface area contributed by atoms with Gasteiger partial charge in [-0.1, -0.05) is 77.5 Å². The van der Waals surface area contributed by atoms with Gasteiger partial charge in [-0.25, -0.2) is 14.4 Å². The van der Waals surface area contributed by atoms with E-state index in [1.54, 1.807) is 54.6 Å². The molecule has 0 heterocycles. The molecule has 0 atom stereocenters. The number of hydroxylamine groups is 2. The van der Waals surface area contributed by atoms with Crippen LogP contribution in [0.1, 0.15) is 11.1 Å². The van der Waals surface area contributed by atoms with Gasteiger partial charge in [0.15, 0.2) is 0 Å². The number of esters is 1. The smallest absolute Gasteiger partial charge is 0.451 e. The third kappa shape index (κ3) is 9.03. The van der Waals surface area contributed by atoms with Gasteiger partial charge in [-0.15, -0.1) is 4.99 Å². The summed E-state index contributed by atoms with van der Waals surface area (Å²) in [7, 11) is 1.10. The van der Waals surface area contributed by atoms with Crippen LogP contribution in [0.5, 0.6) is 0 Å². The van der Waals surface area contributed by atoms with Crippen LogP contribution in [0.4, 0.5) is 9.59 Å². The van der Waals surface area contributed by atoms with E-state index < -0.39 is 30.9 Å². The van der Waals surface area contributed by atoms with Crippen LogP contribution < -0.4 is 0 Å². The molecule has 11 heteroatoms. The van der Waals surface area contributed by atoms with Crippen molar-refractivity contribution in [1.29, 1.82) is 0 Å². The molecule has 0 aromatic heterocycles. The molecule has 33 heavy (non-hydrogen) atoms. The van der Waals surface area contributed by atoms with Crippen molar-refractivity contribution in [2.45, 2.75) is 12.8 Å². The van der Waals surface area contributed by atoms with Gasteiger partial charge in [0.25, 0.3) is 0 Å². The van der Waals surface area contributed by atoms with Gasteiger partial charge in [0.05, 0.1) is 20.0 Å². The molecule has 0 radical (unpaired) electrons. The number of methoxy groups -OCH3 is 1. The Balaban J connectivity index is 2.02. The molecule has 0 aliphatic carbocycles. The molecule has 2 amide bonds. The van der Waals surface area contributed by atoms with Crippen LogP contribution in [0.15, 0.2) is 65.7 Å². The molecule has 0 fully saturated rings. The van der Waals surface area contributed by atoms with E-state index in [9.17, 15) is 19.2 Å². The van der Waals surface area contributed by atoms with E-state index in [0.29, 0.717) is 10.6 Å². The highest BCUT2D eigenvalue weighted by Gasteiger charge is 2.27. The molecule has 174 valence electrons. The van der Waals surface area contributed by atoms with Gasteiger partial charge >= 0.3 is 24.1 Å². The summed E-state index contributed by atoms with van der Waals surface area (Å²) in [6.45, 7) is -0.739. The highest BCUT2D eigenvalue weighted by Crippen LogP contribution is 2.12. The average Bonchev–Trinajstić information content (AvgIpc) is 2.82.